The summed E-state index contributed by atoms with van der Waals surface area (Å²) in [5.74, 6) is 0.634. The van der Waals surface area contributed by atoms with Crippen molar-refractivity contribution in [2.24, 2.45) is 7.05 Å². The summed E-state index contributed by atoms with van der Waals surface area (Å²) in [6, 6.07) is 14.3. The first-order valence-corrected chi connectivity index (χ1v) is 8.39. The second-order valence-corrected chi connectivity index (χ2v) is 6.37. The zero-order valence-electron chi connectivity index (χ0n) is 14.3. The lowest BCUT2D eigenvalue weighted by molar-refractivity contribution is 0.144. The van der Waals surface area contributed by atoms with Gasteiger partial charge in [-0.3, -0.25) is 4.68 Å². The van der Waals surface area contributed by atoms with Gasteiger partial charge in [-0.05, 0) is 35.4 Å². The van der Waals surface area contributed by atoms with Crippen molar-refractivity contribution in [2.75, 3.05) is 5.32 Å². The third kappa shape index (κ3) is 3.16. The first-order valence-electron chi connectivity index (χ1n) is 8.39. The number of aromatic nitrogens is 3. The minimum absolute atomic E-state index is 0.352. The summed E-state index contributed by atoms with van der Waals surface area (Å²) in [5, 5.41) is 20.1. The predicted molar refractivity (Wildman–Crippen MR) is 97.5 cm³/mol. The molecule has 0 saturated heterocycles. The van der Waals surface area contributed by atoms with Gasteiger partial charge < -0.3 is 15.7 Å². The standard InChI is InChI=1S/C19H19N5O2/c1-24-11-20-18(23-24)12-6-8-14(9-7-12)21-19(26)22-17-15-5-3-2-4-13(15)10-16(17)25/h2-9,11,16-17,25H,10H2,1H3,(H2,21,22,26). The third-order valence-corrected chi connectivity index (χ3v) is 4.49. The number of benzene rings is 2. The zero-order valence-corrected chi connectivity index (χ0v) is 14.3. The average molecular weight is 349 g/mol. The molecule has 1 heterocycles. The molecule has 0 bridgehead atoms. The number of nitrogens with one attached hydrogen (secondary N) is 2. The summed E-state index contributed by atoms with van der Waals surface area (Å²) in [5.41, 5.74) is 3.56. The molecular weight excluding hydrogens is 330 g/mol. The van der Waals surface area contributed by atoms with E-state index in [2.05, 4.69) is 20.7 Å². The molecule has 0 spiro atoms. The highest BCUT2D eigenvalue weighted by atomic mass is 16.3. The molecule has 2 amide bonds. The SMILES string of the molecule is Cn1cnc(-c2ccc(NC(=O)NC3c4ccccc4CC3O)cc2)n1. The number of nitrogens with zero attached hydrogens (tertiary/aromatic N) is 3. The number of fused-ring (bicyclic) bond motifs is 1. The number of aryl methyl sites for hydroxylation is 1. The first kappa shape index (κ1) is 16.3. The molecule has 3 aromatic rings. The fraction of sp³-hybridized carbons (Fsp3) is 0.211. The summed E-state index contributed by atoms with van der Waals surface area (Å²) in [7, 11) is 1.81. The van der Waals surface area contributed by atoms with E-state index in [1.165, 1.54) is 0 Å². The van der Waals surface area contributed by atoms with E-state index >= 15 is 0 Å². The molecular formula is C19H19N5O2. The van der Waals surface area contributed by atoms with Crippen molar-refractivity contribution in [3.63, 3.8) is 0 Å². The van der Waals surface area contributed by atoms with Gasteiger partial charge >= 0.3 is 6.03 Å². The van der Waals surface area contributed by atoms with Crippen LogP contribution in [0.4, 0.5) is 10.5 Å². The van der Waals surface area contributed by atoms with Crippen molar-refractivity contribution >= 4 is 11.7 Å². The van der Waals surface area contributed by atoms with Crippen LogP contribution in [0.25, 0.3) is 11.4 Å². The molecule has 2 atom stereocenters. The van der Waals surface area contributed by atoms with E-state index in [0.29, 0.717) is 17.9 Å². The number of amides is 2. The third-order valence-electron chi connectivity index (χ3n) is 4.49. The molecule has 0 saturated carbocycles. The lowest BCUT2D eigenvalue weighted by Gasteiger charge is -2.18. The van der Waals surface area contributed by atoms with Crippen molar-refractivity contribution in [1.29, 1.82) is 0 Å². The molecule has 4 rings (SSSR count). The number of carbonyl (C=O) groups excluding carboxylic acids is 1. The van der Waals surface area contributed by atoms with Gasteiger partial charge in [0.1, 0.15) is 6.33 Å². The number of hydrogen-bond donors (Lipinski definition) is 3. The van der Waals surface area contributed by atoms with Crippen LogP contribution in [0.2, 0.25) is 0 Å². The topological polar surface area (TPSA) is 92.1 Å². The van der Waals surface area contributed by atoms with Crippen LogP contribution in [0.5, 0.6) is 0 Å². The van der Waals surface area contributed by atoms with Gasteiger partial charge in [0.25, 0.3) is 0 Å². The summed E-state index contributed by atoms with van der Waals surface area (Å²) in [6.07, 6.45) is 1.57. The van der Waals surface area contributed by atoms with Gasteiger partial charge in [0, 0.05) is 24.7 Å². The predicted octanol–water partition coefficient (Wildman–Crippen LogP) is 2.26. The Kier molecular flexibility index (Phi) is 4.14. The second-order valence-electron chi connectivity index (χ2n) is 6.37. The van der Waals surface area contributed by atoms with Crippen LogP contribution in [0.15, 0.2) is 54.9 Å². The fourth-order valence-electron chi connectivity index (χ4n) is 3.23. The van der Waals surface area contributed by atoms with E-state index in [-0.39, 0.29) is 6.03 Å². The van der Waals surface area contributed by atoms with Crippen LogP contribution in [-0.2, 0) is 13.5 Å². The van der Waals surface area contributed by atoms with Gasteiger partial charge in [-0.15, -0.1) is 0 Å². The Labute approximate surface area is 150 Å². The molecule has 7 heteroatoms. The van der Waals surface area contributed by atoms with E-state index in [9.17, 15) is 9.90 Å². The molecule has 132 valence electrons. The molecule has 2 aromatic carbocycles. The maximum absolute atomic E-state index is 12.3. The van der Waals surface area contributed by atoms with Crippen molar-refractivity contribution in [2.45, 2.75) is 18.6 Å². The second kappa shape index (κ2) is 6.61. The van der Waals surface area contributed by atoms with Crippen molar-refractivity contribution in [3.8, 4) is 11.4 Å². The van der Waals surface area contributed by atoms with Crippen LogP contribution >= 0.6 is 0 Å². The van der Waals surface area contributed by atoms with Crippen LogP contribution in [0.1, 0.15) is 17.2 Å². The highest BCUT2D eigenvalue weighted by Crippen LogP contribution is 2.31. The number of anilines is 1. The summed E-state index contributed by atoms with van der Waals surface area (Å²) < 4.78 is 1.64. The number of hydrogen-bond acceptors (Lipinski definition) is 4. The maximum Gasteiger partial charge on any atom is 0.319 e. The Bertz CT molecular complexity index is 935. The van der Waals surface area contributed by atoms with Crippen LogP contribution in [0, 0.1) is 0 Å². The molecule has 0 radical (unpaired) electrons. The minimum atomic E-state index is -0.615. The highest BCUT2D eigenvalue weighted by molar-refractivity contribution is 5.90. The van der Waals surface area contributed by atoms with Crippen molar-refractivity contribution in [3.05, 3.63) is 66.0 Å². The number of urea groups is 1. The van der Waals surface area contributed by atoms with Gasteiger partial charge in [0.2, 0.25) is 0 Å². The van der Waals surface area contributed by atoms with Crippen molar-refractivity contribution < 1.29 is 9.90 Å². The number of rotatable bonds is 3. The summed E-state index contributed by atoms with van der Waals surface area (Å²) >= 11 is 0. The molecule has 2 unspecified atom stereocenters. The van der Waals surface area contributed by atoms with E-state index in [1.54, 1.807) is 23.1 Å². The lowest BCUT2D eigenvalue weighted by Crippen LogP contribution is -2.36. The van der Waals surface area contributed by atoms with Crippen LogP contribution in [0.3, 0.4) is 0 Å². The Morgan fingerprint density at radius 2 is 1.96 bits per heavy atom. The maximum atomic E-state index is 12.3. The molecule has 3 N–H and O–H groups in total. The minimum Gasteiger partial charge on any atom is -0.390 e. The number of carbonyl (C=O) groups is 1. The van der Waals surface area contributed by atoms with Crippen LogP contribution in [-0.4, -0.2) is 32.0 Å². The normalized spacial score (nSPS) is 18.4. The fourth-order valence-corrected chi connectivity index (χ4v) is 3.23. The molecule has 1 aliphatic rings. The summed E-state index contributed by atoms with van der Waals surface area (Å²) in [6.45, 7) is 0. The van der Waals surface area contributed by atoms with Gasteiger partial charge in [0.05, 0.1) is 12.1 Å². The van der Waals surface area contributed by atoms with E-state index in [0.717, 1.165) is 16.7 Å². The molecule has 0 fully saturated rings. The molecule has 1 aromatic heterocycles. The van der Waals surface area contributed by atoms with Gasteiger partial charge in [-0.2, -0.15) is 5.10 Å². The van der Waals surface area contributed by atoms with Crippen LogP contribution < -0.4 is 10.6 Å². The Morgan fingerprint density at radius 1 is 1.19 bits per heavy atom. The molecule has 0 aliphatic heterocycles. The van der Waals surface area contributed by atoms with E-state index < -0.39 is 12.1 Å². The Hall–Kier alpha value is -3.19. The number of aliphatic hydroxyl groups is 1. The monoisotopic (exact) mass is 349 g/mol. The Balaban J connectivity index is 1.42. The van der Waals surface area contributed by atoms with E-state index in [4.69, 9.17) is 0 Å². The van der Waals surface area contributed by atoms with E-state index in [1.807, 2.05) is 43.4 Å². The zero-order chi connectivity index (χ0) is 18.1. The largest absolute Gasteiger partial charge is 0.390 e. The highest BCUT2D eigenvalue weighted by Gasteiger charge is 2.31. The van der Waals surface area contributed by atoms with Gasteiger partial charge in [-0.1, -0.05) is 24.3 Å². The average Bonchev–Trinajstić information content (AvgIpc) is 3.19. The molecule has 26 heavy (non-hydrogen) atoms. The van der Waals surface area contributed by atoms with Crippen molar-refractivity contribution in [1.82, 2.24) is 20.1 Å². The Morgan fingerprint density at radius 3 is 2.69 bits per heavy atom. The van der Waals surface area contributed by atoms with Gasteiger partial charge in [-0.25, -0.2) is 9.78 Å². The molecule has 7 nitrogen and oxygen atoms in total. The number of aliphatic hydroxyl groups excluding tert-OH is 1. The molecule has 1 aliphatic carbocycles. The van der Waals surface area contributed by atoms with Gasteiger partial charge in [0.15, 0.2) is 5.82 Å². The quantitative estimate of drug-likeness (QED) is 0.676. The smallest absolute Gasteiger partial charge is 0.319 e. The lowest BCUT2D eigenvalue weighted by atomic mass is 10.1. The first-order chi connectivity index (χ1) is 12.6. The summed E-state index contributed by atoms with van der Waals surface area (Å²) in [4.78, 5) is 16.5.